The standard InChI is InChI=1S/C11H8Cl2INS/c12-7-3-4-16-11(7)10(15)6-1-2-9(14)8(13)5-6/h1-5,10H,15H2. The Morgan fingerprint density at radius 3 is 2.50 bits per heavy atom. The van der Waals surface area contributed by atoms with Crippen LogP contribution in [0.5, 0.6) is 0 Å². The molecule has 16 heavy (non-hydrogen) atoms. The number of nitrogens with two attached hydrogens (primary N) is 1. The van der Waals surface area contributed by atoms with Crippen LogP contribution >= 0.6 is 57.1 Å². The van der Waals surface area contributed by atoms with E-state index in [2.05, 4.69) is 22.6 Å². The lowest BCUT2D eigenvalue weighted by atomic mass is 10.1. The highest BCUT2D eigenvalue weighted by atomic mass is 127. The lowest BCUT2D eigenvalue weighted by Gasteiger charge is -2.11. The van der Waals surface area contributed by atoms with Crippen molar-refractivity contribution in [2.75, 3.05) is 0 Å². The summed E-state index contributed by atoms with van der Waals surface area (Å²) in [5.74, 6) is 0. The molecular weight excluding hydrogens is 376 g/mol. The van der Waals surface area contributed by atoms with Gasteiger partial charge in [0.2, 0.25) is 0 Å². The second-order valence-corrected chi connectivity index (χ2v) is 6.21. The fourth-order valence-electron chi connectivity index (χ4n) is 1.38. The maximum absolute atomic E-state index is 6.15. The highest BCUT2D eigenvalue weighted by molar-refractivity contribution is 14.1. The molecule has 0 radical (unpaired) electrons. The smallest absolute Gasteiger partial charge is 0.0661 e. The van der Waals surface area contributed by atoms with Gasteiger partial charge in [0, 0.05) is 8.45 Å². The average molecular weight is 384 g/mol. The third kappa shape index (κ3) is 2.54. The second-order valence-electron chi connectivity index (χ2n) is 3.28. The van der Waals surface area contributed by atoms with Gasteiger partial charge in [-0.3, -0.25) is 0 Å². The zero-order valence-electron chi connectivity index (χ0n) is 8.08. The molecule has 0 spiro atoms. The Bertz CT molecular complexity index is 512. The fourth-order valence-corrected chi connectivity index (χ4v) is 3.11. The van der Waals surface area contributed by atoms with E-state index in [9.17, 15) is 0 Å². The predicted octanol–water partition coefficient (Wildman–Crippen LogP) is 4.71. The van der Waals surface area contributed by atoms with Gasteiger partial charge in [-0.25, -0.2) is 0 Å². The molecule has 1 aromatic heterocycles. The van der Waals surface area contributed by atoms with Crippen molar-refractivity contribution < 1.29 is 0 Å². The molecule has 1 unspecified atom stereocenters. The molecule has 1 aromatic carbocycles. The first-order chi connectivity index (χ1) is 7.59. The molecule has 0 aliphatic heterocycles. The molecule has 0 aliphatic rings. The maximum atomic E-state index is 6.15. The fraction of sp³-hybridized carbons (Fsp3) is 0.0909. The molecule has 0 amide bonds. The Kier molecular flexibility index (Phi) is 4.13. The van der Waals surface area contributed by atoms with Crippen molar-refractivity contribution in [2.24, 2.45) is 5.73 Å². The second kappa shape index (κ2) is 5.23. The van der Waals surface area contributed by atoms with Crippen molar-refractivity contribution in [2.45, 2.75) is 6.04 Å². The minimum absolute atomic E-state index is 0.206. The zero-order valence-corrected chi connectivity index (χ0v) is 12.6. The number of thiophene rings is 1. The van der Waals surface area contributed by atoms with Crippen LogP contribution in [0.25, 0.3) is 0 Å². The molecule has 5 heteroatoms. The van der Waals surface area contributed by atoms with E-state index in [1.165, 1.54) is 0 Å². The topological polar surface area (TPSA) is 26.0 Å². The van der Waals surface area contributed by atoms with Gasteiger partial charge in [0.05, 0.1) is 16.1 Å². The van der Waals surface area contributed by atoms with Gasteiger partial charge >= 0.3 is 0 Å². The number of hydrogen-bond acceptors (Lipinski definition) is 2. The third-order valence-electron chi connectivity index (χ3n) is 2.23. The molecule has 0 saturated heterocycles. The van der Waals surface area contributed by atoms with Gasteiger partial charge in [-0.2, -0.15) is 0 Å². The predicted molar refractivity (Wildman–Crippen MR) is 79.5 cm³/mol. The Morgan fingerprint density at radius 1 is 1.19 bits per heavy atom. The van der Waals surface area contributed by atoms with Crippen LogP contribution in [-0.2, 0) is 0 Å². The molecule has 2 rings (SSSR count). The first kappa shape index (κ1) is 12.6. The minimum atomic E-state index is -0.206. The van der Waals surface area contributed by atoms with Gasteiger partial charge in [-0.15, -0.1) is 11.3 Å². The number of halogens is 3. The lowest BCUT2D eigenvalue weighted by Crippen LogP contribution is -2.10. The molecule has 1 nitrogen and oxygen atoms in total. The first-order valence-electron chi connectivity index (χ1n) is 4.53. The quantitative estimate of drug-likeness (QED) is 0.747. The molecule has 2 N–H and O–H groups in total. The van der Waals surface area contributed by atoms with Gasteiger partial charge in [0.1, 0.15) is 0 Å². The maximum Gasteiger partial charge on any atom is 0.0661 e. The van der Waals surface area contributed by atoms with Gasteiger partial charge < -0.3 is 5.73 Å². The van der Waals surface area contributed by atoms with E-state index in [-0.39, 0.29) is 6.04 Å². The van der Waals surface area contributed by atoms with E-state index < -0.39 is 0 Å². The third-order valence-corrected chi connectivity index (χ3v) is 5.24. The highest BCUT2D eigenvalue weighted by Gasteiger charge is 2.14. The number of rotatable bonds is 2. The zero-order chi connectivity index (χ0) is 11.7. The van der Waals surface area contributed by atoms with Crippen molar-refractivity contribution in [3.05, 3.63) is 53.7 Å². The molecule has 84 valence electrons. The van der Waals surface area contributed by atoms with Crippen molar-refractivity contribution >= 4 is 57.1 Å². The van der Waals surface area contributed by atoms with Crippen LogP contribution in [0.4, 0.5) is 0 Å². The summed E-state index contributed by atoms with van der Waals surface area (Å²) in [6.07, 6.45) is 0. The summed E-state index contributed by atoms with van der Waals surface area (Å²) >= 11 is 15.9. The monoisotopic (exact) mass is 383 g/mol. The van der Waals surface area contributed by atoms with Crippen molar-refractivity contribution in [1.29, 1.82) is 0 Å². The summed E-state index contributed by atoms with van der Waals surface area (Å²) in [6, 6.07) is 7.48. The van der Waals surface area contributed by atoms with Crippen LogP contribution in [0.15, 0.2) is 29.6 Å². The van der Waals surface area contributed by atoms with Crippen LogP contribution in [0.2, 0.25) is 10.0 Å². The van der Waals surface area contributed by atoms with E-state index in [1.807, 2.05) is 29.6 Å². The molecule has 0 fully saturated rings. The Labute approximate surface area is 122 Å². The van der Waals surface area contributed by atoms with Crippen molar-refractivity contribution in [3.8, 4) is 0 Å². The molecule has 0 bridgehead atoms. The van der Waals surface area contributed by atoms with Gasteiger partial charge in [0.25, 0.3) is 0 Å². The summed E-state index contributed by atoms with van der Waals surface area (Å²) in [5.41, 5.74) is 7.13. The Morgan fingerprint density at radius 2 is 1.94 bits per heavy atom. The summed E-state index contributed by atoms with van der Waals surface area (Å²) in [5, 5.41) is 3.37. The Balaban J connectivity index is 2.38. The minimum Gasteiger partial charge on any atom is -0.320 e. The molecular formula is C11H8Cl2INS. The molecule has 0 aliphatic carbocycles. The summed E-state index contributed by atoms with van der Waals surface area (Å²) in [7, 11) is 0. The van der Waals surface area contributed by atoms with E-state index in [4.69, 9.17) is 28.9 Å². The van der Waals surface area contributed by atoms with Crippen LogP contribution in [0.3, 0.4) is 0 Å². The van der Waals surface area contributed by atoms with Gasteiger partial charge in [-0.1, -0.05) is 29.3 Å². The van der Waals surface area contributed by atoms with Crippen LogP contribution in [0, 0.1) is 3.57 Å². The molecule has 0 saturated carbocycles. The van der Waals surface area contributed by atoms with E-state index in [0.717, 1.165) is 19.0 Å². The SMILES string of the molecule is NC(c1ccc(I)c(Cl)c1)c1sccc1Cl. The first-order valence-corrected chi connectivity index (χ1v) is 7.24. The average Bonchev–Trinajstić information content (AvgIpc) is 2.67. The van der Waals surface area contributed by atoms with Gasteiger partial charge in [-0.05, 0) is 51.7 Å². The molecule has 2 aromatic rings. The summed E-state index contributed by atoms with van der Waals surface area (Å²) < 4.78 is 1.02. The number of hydrogen-bond donors (Lipinski definition) is 1. The van der Waals surface area contributed by atoms with Crippen LogP contribution in [-0.4, -0.2) is 0 Å². The Hall–Kier alpha value is 0.190. The van der Waals surface area contributed by atoms with Gasteiger partial charge in [0.15, 0.2) is 0 Å². The van der Waals surface area contributed by atoms with Crippen LogP contribution in [0.1, 0.15) is 16.5 Å². The summed E-state index contributed by atoms with van der Waals surface area (Å²) in [4.78, 5) is 0.971. The highest BCUT2D eigenvalue weighted by Crippen LogP contribution is 2.32. The molecule has 1 heterocycles. The number of benzene rings is 1. The van der Waals surface area contributed by atoms with Crippen molar-refractivity contribution in [3.63, 3.8) is 0 Å². The van der Waals surface area contributed by atoms with Crippen LogP contribution < -0.4 is 5.73 Å². The van der Waals surface area contributed by atoms with Crippen molar-refractivity contribution in [1.82, 2.24) is 0 Å². The van der Waals surface area contributed by atoms with E-state index in [0.29, 0.717) is 5.02 Å². The lowest BCUT2D eigenvalue weighted by molar-refractivity contribution is 0.893. The normalized spacial score (nSPS) is 12.8. The largest absolute Gasteiger partial charge is 0.320 e. The van der Waals surface area contributed by atoms with E-state index >= 15 is 0 Å². The van der Waals surface area contributed by atoms with E-state index in [1.54, 1.807) is 11.3 Å². The molecule has 1 atom stereocenters. The summed E-state index contributed by atoms with van der Waals surface area (Å²) in [6.45, 7) is 0.